The van der Waals surface area contributed by atoms with Crippen molar-refractivity contribution in [2.75, 3.05) is 6.61 Å². The summed E-state index contributed by atoms with van der Waals surface area (Å²) in [4.78, 5) is 9.25. The molecule has 25 heavy (non-hydrogen) atoms. The van der Waals surface area contributed by atoms with Crippen molar-refractivity contribution in [3.8, 4) is 11.5 Å². The van der Waals surface area contributed by atoms with Gasteiger partial charge in [-0.15, -0.1) is 0 Å². The average Bonchev–Trinajstić information content (AvgIpc) is 2.61. The summed E-state index contributed by atoms with van der Waals surface area (Å²) in [6, 6.07) is 5.58. The Labute approximate surface area is 152 Å². The van der Waals surface area contributed by atoms with Crippen LogP contribution in [0.4, 0.5) is 0 Å². The number of hydrogen-bond acceptors (Lipinski definition) is 3. The van der Waals surface area contributed by atoms with Gasteiger partial charge in [-0.1, -0.05) is 65.0 Å². The van der Waals surface area contributed by atoms with Crippen LogP contribution >= 0.6 is 0 Å². The Morgan fingerprint density at radius 3 is 2.24 bits per heavy atom. The number of rotatable bonds is 12. The molecule has 0 saturated carbocycles. The highest BCUT2D eigenvalue weighted by molar-refractivity contribution is 5.78. The monoisotopic (exact) mass is 350 g/mol. The van der Waals surface area contributed by atoms with Crippen molar-refractivity contribution in [1.82, 2.24) is 0 Å². The molecule has 0 amide bonds. The van der Waals surface area contributed by atoms with Crippen molar-refractivity contribution in [1.29, 1.82) is 0 Å². The van der Waals surface area contributed by atoms with Gasteiger partial charge in [-0.2, -0.15) is 0 Å². The van der Waals surface area contributed by atoms with Gasteiger partial charge < -0.3 is 14.9 Å². The number of benzene rings is 1. The van der Waals surface area contributed by atoms with Gasteiger partial charge in [0.2, 0.25) is 0 Å². The van der Waals surface area contributed by atoms with Crippen LogP contribution in [0.3, 0.4) is 0 Å². The summed E-state index contributed by atoms with van der Waals surface area (Å²) in [6.07, 6.45) is 11.8. The molecule has 0 heterocycles. The summed E-state index contributed by atoms with van der Waals surface area (Å²) in [7, 11) is 0. The standard InChI is InChI=1S/C18H30O2.C3H4O2/c1-3-5-6-7-8-9-10-12-16-17(19)13-11-14-18(16)20-15-4-2;1-2-3(4)5/h11,13-14,19H,3-10,12,15H2,1-2H3;2H,1H2,(H,4,5). The van der Waals surface area contributed by atoms with Gasteiger partial charge in [0, 0.05) is 11.6 Å². The Bertz CT molecular complexity index is 483. The van der Waals surface area contributed by atoms with E-state index in [1.165, 1.54) is 38.5 Å². The van der Waals surface area contributed by atoms with E-state index in [1.807, 2.05) is 12.1 Å². The Hall–Kier alpha value is -1.97. The number of aliphatic carboxylic acids is 1. The second-order valence-corrected chi connectivity index (χ2v) is 6.02. The number of unbranched alkanes of at least 4 members (excludes halogenated alkanes) is 6. The zero-order valence-corrected chi connectivity index (χ0v) is 15.8. The highest BCUT2D eigenvalue weighted by Crippen LogP contribution is 2.29. The van der Waals surface area contributed by atoms with E-state index in [0.29, 0.717) is 12.4 Å². The number of ether oxygens (including phenoxy) is 1. The largest absolute Gasteiger partial charge is 0.508 e. The molecular weight excluding hydrogens is 316 g/mol. The lowest BCUT2D eigenvalue weighted by molar-refractivity contribution is -0.131. The van der Waals surface area contributed by atoms with Gasteiger partial charge >= 0.3 is 5.97 Å². The Morgan fingerprint density at radius 2 is 1.68 bits per heavy atom. The third-order valence-electron chi connectivity index (χ3n) is 3.77. The lowest BCUT2D eigenvalue weighted by atomic mass is 10.0. The van der Waals surface area contributed by atoms with Crippen LogP contribution in [0.15, 0.2) is 30.9 Å². The molecule has 0 aliphatic rings. The van der Waals surface area contributed by atoms with E-state index >= 15 is 0 Å². The fourth-order valence-electron chi connectivity index (χ4n) is 2.41. The molecule has 1 rings (SSSR count). The predicted molar refractivity (Wildman–Crippen MR) is 103 cm³/mol. The second kappa shape index (κ2) is 15.6. The molecule has 142 valence electrons. The zero-order valence-electron chi connectivity index (χ0n) is 15.8. The first kappa shape index (κ1) is 23.0. The summed E-state index contributed by atoms with van der Waals surface area (Å²) >= 11 is 0. The summed E-state index contributed by atoms with van der Waals surface area (Å²) in [5.74, 6) is 0.257. The molecule has 1 aromatic carbocycles. The number of carboxylic acids is 1. The number of carboxylic acid groups (broad SMARTS) is 1. The van der Waals surface area contributed by atoms with Crippen LogP contribution in [0.25, 0.3) is 0 Å². The molecule has 0 bridgehead atoms. The lowest BCUT2D eigenvalue weighted by Crippen LogP contribution is -1.99. The first-order chi connectivity index (χ1) is 12.1. The number of aromatic hydroxyl groups is 1. The molecule has 1 aromatic rings. The van der Waals surface area contributed by atoms with Gasteiger partial charge in [0.1, 0.15) is 11.5 Å². The molecule has 0 aliphatic carbocycles. The number of hydrogen-bond donors (Lipinski definition) is 2. The molecule has 0 atom stereocenters. The molecular formula is C21H34O4. The molecule has 0 spiro atoms. The van der Waals surface area contributed by atoms with E-state index in [9.17, 15) is 9.90 Å². The van der Waals surface area contributed by atoms with Crippen LogP contribution in [0, 0.1) is 0 Å². The summed E-state index contributed by atoms with van der Waals surface area (Å²) in [6.45, 7) is 8.02. The smallest absolute Gasteiger partial charge is 0.327 e. The van der Waals surface area contributed by atoms with Gasteiger partial charge in [0.05, 0.1) is 6.61 Å². The summed E-state index contributed by atoms with van der Waals surface area (Å²) < 4.78 is 5.72. The molecule has 0 fully saturated rings. The van der Waals surface area contributed by atoms with Crippen LogP contribution in [0.5, 0.6) is 11.5 Å². The minimum Gasteiger partial charge on any atom is -0.508 e. The van der Waals surface area contributed by atoms with E-state index in [0.717, 1.165) is 36.7 Å². The predicted octanol–water partition coefficient (Wildman–Crippen LogP) is 5.73. The number of carbonyl (C=O) groups is 1. The molecule has 4 heteroatoms. The molecule has 4 nitrogen and oxygen atoms in total. The minimum absolute atomic E-state index is 0.379. The molecule has 0 radical (unpaired) electrons. The Balaban J connectivity index is 0.00000101. The normalized spacial score (nSPS) is 9.84. The maximum absolute atomic E-state index is 9.98. The van der Waals surface area contributed by atoms with E-state index < -0.39 is 5.97 Å². The van der Waals surface area contributed by atoms with Crippen LogP contribution in [0.1, 0.15) is 70.8 Å². The summed E-state index contributed by atoms with van der Waals surface area (Å²) in [5, 5.41) is 17.6. The van der Waals surface area contributed by atoms with Crippen molar-refractivity contribution in [2.24, 2.45) is 0 Å². The molecule has 0 unspecified atom stereocenters. The van der Waals surface area contributed by atoms with Gasteiger partial charge in [-0.25, -0.2) is 4.79 Å². The van der Waals surface area contributed by atoms with E-state index in [2.05, 4.69) is 20.4 Å². The van der Waals surface area contributed by atoms with Crippen LogP contribution in [0.2, 0.25) is 0 Å². The fraction of sp³-hybridized carbons (Fsp3) is 0.571. The molecule has 0 aromatic heterocycles. The Morgan fingerprint density at radius 1 is 1.08 bits per heavy atom. The maximum atomic E-state index is 9.98. The first-order valence-corrected chi connectivity index (χ1v) is 9.35. The van der Waals surface area contributed by atoms with Crippen LogP contribution in [-0.2, 0) is 11.2 Å². The van der Waals surface area contributed by atoms with Crippen molar-refractivity contribution < 1.29 is 19.7 Å². The van der Waals surface area contributed by atoms with Gasteiger partial charge in [-0.05, 0) is 31.4 Å². The van der Waals surface area contributed by atoms with E-state index in [1.54, 1.807) is 6.07 Å². The van der Waals surface area contributed by atoms with Crippen molar-refractivity contribution in [3.63, 3.8) is 0 Å². The van der Waals surface area contributed by atoms with Crippen molar-refractivity contribution in [2.45, 2.75) is 71.6 Å². The highest BCUT2D eigenvalue weighted by atomic mass is 16.5. The third kappa shape index (κ3) is 12.1. The SMILES string of the molecule is C=CC(=O)O.CCCCCCCCCc1c(O)cccc1OCCC. The highest BCUT2D eigenvalue weighted by Gasteiger charge is 2.08. The maximum Gasteiger partial charge on any atom is 0.327 e. The van der Waals surface area contributed by atoms with Gasteiger partial charge in [0.15, 0.2) is 0 Å². The minimum atomic E-state index is -0.981. The fourth-order valence-corrected chi connectivity index (χ4v) is 2.41. The first-order valence-electron chi connectivity index (χ1n) is 9.35. The van der Waals surface area contributed by atoms with Crippen molar-refractivity contribution >= 4 is 5.97 Å². The van der Waals surface area contributed by atoms with Crippen LogP contribution < -0.4 is 4.74 Å². The number of phenolic OH excluding ortho intramolecular Hbond substituents is 1. The molecule has 0 saturated heterocycles. The van der Waals surface area contributed by atoms with Crippen LogP contribution in [-0.4, -0.2) is 22.8 Å². The zero-order chi connectivity index (χ0) is 18.9. The van der Waals surface area contributed by atoms with E-state index in [-0.39, 0.29) is 0 Å². The second-order valence-electron chi connectivity index (χ2n) is 6.02. The molecule has 0 aliphatic heterocycles. The van der Waals surface area contributed by atoms with E-state index in [4.69, 9.17) is 9.84 Å². The van der Waals surface area contributed by atoms with Crippen molar-refractivity contribution in [3.05, 3.63) is 36.4 Å². The number of phenols is 1. The quantitative estimate of drug-likeness (QED) is 0.373. The topological polar surface area (TPSA) is 66.8 Å². The Kier molecular flexibility index (Phi) is 14.3. The molecule has 2 N–H and O–H groups in total. The summed E-state index contributed by atoms with van der Waals surface area (Å²) in [5.41, 5.74) is 0.981. The van der Waals surface area contributed by atoms with Gasteiger partial charge in [0.25, 0.3) is 0 Å². The average molecular weight is 350 g/mol. The van der Waals surface area contributed by atoms with Gasteiger partial charge in [-0.3, -0.25) is 0 Å². The lowest BCUT2D eigenvalue weighted by Gasteiger charge is -2.12. The third-order valence-corrected chi connectivity index (χ3v) is 3.77.